The average molecular weight is 268 g/mol. The van der Waals surface area contributed by atoms with Gasteiger partial charge in [-0.2, -0.15) is 0 Å². The summed E-state index contributed by atoms with van der Waals surface area (Å²) in [6, 6.07) is 4.13. The minimum absolute atomic E-state index is 0.334. The second kappa shape index (κ2) is 5.32. The molecule has 1 fully saturated rings. The van der Waals surface area contributed by atoms with E-state index in [2.05, 4.69) is 25.3 Å². The van der Waals surface area contributed by atoms with E-state index in [9.17, 15) is 5.11 Å². The number of aliphatic hydroxyl groups excluding tert-OH is 1. The number of methoxy groups -OCH3 is 1. The van der Waals surface area contributed by atoms with Crippen LogP contribution in [0.1, 0.15) is 44.4 Å². The highest BCUT2D eigenvalue weighted by molar-refractivity contribution is 7.09. The zero-order valence-electron chi connectivity index (χ0n) is 11.6. The Morgan fingerprint density at radius 1 is 1.33 bits per heavy atom. The molecule has 1 heterocycles. The molecule has 2 nitrogen and oxygen atoms in total. The summed E-state index contributed by atoms with van der Waals surface area (Å²) in [7, 11) is 1.75. The zero-order chi connectivity index (χ0) is 13.2. The molecule has 3 heteroatoms. The highest BCUT2D eigenvalue weighted by atomic mass is 32.1. The summed E-state index contributed by atoms with van der Waals surface area (Å²) in [6.45, 7) is 4.61. The summed E-state index contributed by atoms with van der Waals surface area (Å²) in [6.07, 6.45) is 4.50. The average Bonchev–Trinajstić information content (AvgIpc) is 2.82. The molecule has 1 aliphatic rings. The highest BCUT2D eigenvalue weighted by Crippen LogP contribution is 2.44. The maximum absolute atomic E-state index is 10.5. The molecule has 0 saturated heterocycles. The Morgan fingerprint density at radius 2 is 2.00 bits per heavy atom. The van der Waals surface area contributed by atoms with Crippen LogP contribution < -0.4 is 0 Å². The van der Waals surface area contributed by atoms with E-state index in [0.717, 1.165) is 25.7 Å². The van der Waals surface area contributed by atoms with Gasteiger partial charge < -0.3 is 9.84 Å². The first kappa shape index (κ1) is 14.0. The van der Waals surface area contributed by atoms with E-state index in [0.29, 0.717) is 11.8 Å². The molecule has 1 unspecified atom stereocenters. The Labute approximate surface area is 114 Å². The van der Waals surface area contributed by atoms with Crippen LogP contribution in [0, 0.1) is 5.41 Å². The summed E-state index contributed by atoms with van der Waals surface area (Å²) in [5.74, 6) is 0. The Balaban J connectivity index is 2.03. The third-order valence-electron chi connectivity index (χ3n) is 4.44. The predicted octanol–water partition coefficient (Wildman–Crippen LogP) is 3.64. The summed E-state index contributed by atoms with van der Waals surface area (Å²) in [5, 5.41) is 12.6. The SMILES string of the molecule is COC1(C(O)Cc2cccs2)CCC(C)(C)CC1. The molecule has 0 aromatic carbocycles. The summed E-state index contributed by atoms with van der Waals surface area (Å²) < 4.78 is 5.74. The van der Waals surface area contributed by atoms with Crippen molar-refractivity contribution >= 4 is 11.3 Å². The van der Waals surface area contributed by atoms with Gasteiger partial charge in [-0.25, -0.2) is 0 Å². The highest BCUT2D eigenvalue weighted by Gasteiger charge is 2.43. The van der Waals surface area contributed by atoms with Crippen LogP contribution in [0.15, 0.2) is 17.5 Å². The van der Waals surface area contributed by atoms with E-state index in [1.165, 1.54) is 4.88 Å². The lowest BCUT2D eigenvalue weighted by molar-refractivity contribution is -0.135. The van der Waals surface area contributed by atoms with Crippen molar-refractivity contribution in [3.8, 4) is 0 Å². The van der Waals surface area contributed by atoms with Crippen molar-refractivity contribution in [1.82, 2.24) is 0 Å². The van der Waals surface area contributed by atoms with Crippen molar-refractivity contribution in [2.45, 2.75) is 57.7 Å². The molecule has 0 radical (unpaired) electrons. The minimum atomic E-state index is -0.391. The molecule has 0 spiro atoms. The molecule has 2 rings (SSSR count). The Bertz CT molecular complexity index is 360. The van der Waals surface area contributed by atoms with Crippen molar-refractivity contribution in [1.29, 1.82) is 0 Å². The molecule has 1 atom stereocenters. The van der Waals surface area contributed by atoms with Crippen molar-refractivity contribution in [3.63, 3.8) is 0 Å². The molecule has 1 saturated carbocycles. The van der Waals surface area contributed by atoms with Gasteiger partial charge in [-0.05, 0) is 42.5 Å². The third kappa shape index (κ3) is 2.95. The fourth-order valence-electron chi connectivity index (χ4n) is 2.83. The van der Waals surface area contributed by atoms with Gasteiger partial charge in [0.1, 0.15) is 0 Å². The van der Waals surface area contributed by atoms with Crippen LogP contribution >= 0.6 is 11.3 Å². The number of thiophene rings is 1. The number of aliphatic hydroxyl groups is 1. The van der Waals surface area contributed by atoms with Crippen molar-refractivity contribution in [3.05, 3.63) is 22.4 Å². The van der Waals surface area contributed by atoms with Crippen LogP contribution in [0.4, 0.5) is 0 Å². The smallest absolute Gasteiger partial charge is 0.0940 e. The first-order chi connectivity index (χ1) is 8.47. The number of hydrogen-bond donors (Lipinski definition) is 1. The second-order valence-electron chi connectivity index (χ2n) is 6.23. The van der Waals surface area contributed by atoms with Gasteiger partial charge in [0.15, 0.2) is 0 Å². The van der Waals surface area contributed by atoms with Gasteiger partial charge in [-0.15, -0.1) is 11.3 Å². The Morgan fingerprint density at radius 3 is 2.50 bits per heavy atom. The third-order valence-corrected chi connectivity index (χ3v) is 5.34. The summed E-state index contributed by atoms with van der Waals surface area (Å²) in [5.41, 5.74) is 0.0597. The van der Waals surface area contributed by atoms with Crippen LogP contribution in [0.25, 0.3) is 0 Å². The lowest BCUT2D eigenvalue weighted by Gasteiger charge is -2.45. The van der Waals surface area contributed by atoms with Crippen molar-refractivity contribution < 1.29 is 9.84 Å². The van der Waals surface area contributed by atoms with Crippen LogP contribution in [0.5, 0.6) is 0 Å². The summed E-state index contributed by atoms with van der Waals surface area (Å²) >= 11 is 1.71. The Hall–Kier alpha value is -0.380. The maximum atomic E-state index is 10.5. The largest absolute Gasteiger partial charge is 0.390 e. The molecule has 1 aliphatic carbocycles. The van der Waals surface area contributed by atoms with E-state index < -0.39 is 6.10 Å². The second-order valence-corrected chi connectivity index (χ2v) is 7.26. The quantitative estimate of drug-likeness (QED) is 0.903. The first-order valence-electron chi connectivity index (χ1n) is 6.73. The number of ether oxygens (including phenoxy) is 1. The lowest BCUT2D eigenvalue weighted by atomic mass is 9.68. The van der Waals surface area contributed by atoms with Gasteiger partial charge in [0.05, 0.1) is 11.7 Å². The summed E-state index contributed by atoms with van der Waals surface area (Å²) in [4.78, 5) is 1.24. The zero-order valence-corrected chi connectivity index (χ0v) is 12.4. The molecule has 0 amide bonds. The van der Waals surface area contributed by atoms with E-state index in [-0.39, 0.29) is 5.60 Å². The minimum Gasteiger partial charge on any atom is -0.390 e. The standard InChI is InChI=1S/C15H24O2S/c1-14(2)6-8-15(17-3,9-7-14)13(16)11-12-5-4-10-18-12/h4-5,10,13,16H,6-9,11H2,1-3H3. The number of hydrogen-bond acceptors (Lipinski definition) is 3. The van der Waals surface area contributed by atoms with Crippen LogP contribution in [0.3, 0.4) is 0 Å². The van der Waals surface area contributed by atoms with E-state index in [4.69, 9.17) is 4.74 Å². The molecule has 0 bridgehead atoms. The number of rotatable bonds is 4. The predicted molar refractivity (Wildman–Crippen MR) is 76.0 cm³/mol. The van der Waals surface area contributed by atoms with Gasteiger partial charge in [0, 0.05) is 18.4 Å². The lowest BCUT2D eigenvalue weighted by Crippen LogP contribution is -2.49. The van der Waals surface area contributed by atoms with Gasteiger partial charge in [0.2, 0.25) is 0 Å². The molecular weight excluding hydrogens is 244 g/mol. The Kier molecular flexibility index (Phi) is 4.15. The van der Waals surface area contributed by atoms with Gasteiger partial charge in [-0.3, -0.25) is 0 Å². The molecule has 1 aromatic heterocycles. The molecule has 1 aromatic rings. The topological polar surface area (TPSA) is 29.5 Å². The van der Waals surface area contributed by atoms with Gasteiger partial charge in [-0.1, -0.05) is 19.9 Å². The van der Waals surface area contributed by atoms with Crippen molar-refractivity contribution in [2.75, 3.05) is 7.11 Å². The normalized spacial score (nSPS) is 23.8. The van der Waals surface area contributed by atoms with Gasteiger partial charge >= 0.3 is 0 Å². The molecule has 1 N–H and O–H groups in total. The van der Waals surface area contributed by atoms with E-state index in [1.807, 2.05) is 6.07 Å². The fraction of sp³-hybridized carbons (Fsp3) is 0.733. The van der Waals surface area contributed by atoms with Crippen LogP contribution in [0.2, 0.25) is 0 Å². The monoisotopic (exact) mass is 268 g/mol. The maximum Gasteiger partial charge on any atom is 0.0940 e. The molecular formula is C15H24O2S. The van der Waals surface area contributed by atoms with Crippen molar-refractivity contribution in [2.24, 2.45) is 5.41 Å². The van der Waals surface area contributed by atoms with E-state index >= 15 is 0 Å². The van der Waals surface area contributed by atoms with Crippen LogP contribution in [-0.4, -0.2) is 23.9 Å². The molecule has 0 aliphatic heterocycles. The van der Waals surface area contributed by atoms with Crippen LogP contribution in [-0.2, 0) is 11.2 Å². The van der Waals surface area contributed by atoms with Gasteiger partial charge in [0.25, 0.3) is 0 Å². The first-order valence-corrected chi connectivity index (χ1v) is 7.61. The fourth-order valence-corrected chi connectivity index (χ4v) is 3.57. The molecule has 18 heavy (non-hydrogen) atoms. The van der Waals surface area contributed by atoms with E-state index in [1.54, 1.807) is 18.4 Å². The molecule has 102 valence electrons.